The third-order valence-electron chi connectivity index (χ3n) is 1.56. The second-order valence-corrected chi connectivity index (χ2v) is 2.31. The van der Waals surface area contributed by atoms with E-state index in [1.165, 1.54) is 6.07 Å². The Morgan fingerprint density at radius 3 is 2.83 bits per heavy atom. The van der Waals surface area contributed by atoms with Gasteiger partial charge in [0.15, 0.2) is 11.6 Å². The Balaban J connectivity index is 2.93. The van der Waals surface area contributed by atoms with Crippen molar-refractivity contribution in [2.75, 3.05) is 5.73 Å². The summed E-state index contributed by atoms with van der Waals surface area (Å²) in [5, 5.41) is 3.58. The Labute approximate surface area is 65.7 Å². The van der Waals surface area contributed by atoms with Crippen molar-refractivity contribution in [3.8, 4) is 0 Å². The first-order valence-corrected chi connectivity index (χ1v) is 3.19. The minimum atomic E-state index is -1.06. The Bertz CT molecular complexity index is 438. The molecule has 0 amide bonds. The third-order valence-corrected chi connectivity index (χ3v) is 1.56. The molecule has 0 spiro atoms. The van der Waals surface area contributed by atoms with Gasteiger partial charge in [-0.3, -0.25) is 0 Å². The van der Waals surface area contributed by atoms with Gasteiger partial charge in [0.25, 0.3) is 0 Å². The van der Waals surface area contributed by atoms with Crippen LogP contribution in [0.15, 0.2) is 16.7 Å². The fraction of sp³-hybridized carbons (Fsp3) is 0. The van der Waals surface area contributed by atoms with Crippen LogP contribution in [0.1, 0.15) is 0 Å². The molecule has 0 radical (unpaired) electrons. The van der Waals surface area contributed by atoms with E-state index in [1.54, 1.807) is 0 Å². The van der Waals surface area contributed by atoms with Crippen LogP contribution in [0, 0.1) is 11.6 Å². The van der Waals surface area contributed by atoms with Crippen LogP contribution in [0.3, 0.4) is 0 Å². The van der Waals surface area contributed by atoms with E-state index in [-0.39, 0.29) is 16.8 Å². The van der Waals surface area contributed by atoms with E-state index in [4.69, 9.17) is 5.73 Å². The van der Waals surface area contributed by atoms with Gasteiger partial charge in [-0.05, 0) is 12.1 Å². The maximum Gasteiger partial charge on any atom is 0.207 e. The van der Waals surface area contributed by atoms with Gasteiger partial charge in [-0.15, -0.1) is 0 Å². The number of nitrogens with two attached hydrogens (primary N) is 1. The van der Waals surface area contributed by atoms with E-state index in [0.29, 0.717) is 0 Å². The largest absolute Gasteiger partial charge is 0.380 e. The predicted octanol–water partition coefficient (Wildman–Crippen LogP) is 1.69. The molecule has 0 aliphatic rings. The summed E-state index contributed by atoms with van der Waals surface area (Å²) in [5.74, 6) is -1.97. The van der Waals surface area contributed by atoms with E-state index >= 15 is 0 Å². The Morgan fingerprint density at radius 2 is 2.08 bits per heavy atom. The van der Waals surface area contributed by atoms with Gasteiger partial charge in [0.2, 0.25) is 11.4 Å². The maximum atomic E-state index is 12.8. The van der Waals surface area contributed by atoms with Crippen LogP contribution in [0.4, 0.5) is 14.6 Å². The molecule has 0 atom stereocenters. The van der Waals surface area contributed by atoms with Crippen molar-refractivity contribution in [2.45, 2.75) is 0 Å². The number of anilines is 1. The van der Waals surface area contributed by atoms with Crippen LogP contribution in [-0.2, 0) is 0 Å². The minimum Gasteiger partial charge on any atom is -0.380 e. The molecule has 2 N–H and O–H groups in total. The number of benzene rings is 1. The summed E-state index contributed by atoms with van der Waals surface area (Å²) in [5.41, 5.74) is 5.06. The highest BCUT2D eigenvalue weighted by molar-refractivity contribution is 5.87. The Morgan fingerprint density at radius 1 is 1.33 bits per heavy atom. The molecule has 1 heterocycles. The smallest absolute Gasteiger partial charge is 0.207 e. The molecule has 0 saturated carbocycles. The van der Waals surface area contributed by atoms with Crippen LogP contribution in [0.25, 0.3) is 11.0 Å². The second kappa shape index (κ2) is 2.17. The van der Waals surface area contributed by atoms with Gasteiger partial charge in [0.1, 0.15) is 0 Å². The van der Waals surface area contributed by atoms with E-state index < -0.39 is 11.6 Å². The van der Waals surface area contributed by atoms with E-state index in [1.807, 2.05) is 0 Å². The van der Waals surface area contributed by atoms with Crippen LogP contribution < -0.4 is 5.73 Å². The molecule has 1 aromatic carbocycles. The van der Waals surface area contributed by atoms with Gasteiger partial charge in [-0.2, -0.15) is 4.39 Å². The molecule has 0 bridgehead atoms. The summed E-state index contributed by atoms with van der Waals surface area (Å²) in [4.78, 5) is 0. The van der Waals surface area contributed by atoms with Crippen LogP contribution in [0.2, 0.25) is 0 Å². The molecule has 2 aromatic rings. The third kappa shape index (κ3) is 0.761. The first kappa shape index (κ1) is 7.02. The average Bonchev–Trinajstić information content (AvgIpc) is 2.41. The molecule has 3 nitrogen and oxygen atoms in total. The normalized spacial score (nSPS) is 10.8. The molecule has 0 saturated heterocycles. The zero-order chi connectivity index (χ0) is 8.72. The molecule has 5 heteroatoms. The van der Waals surface area contributed by atoms with E-state index in [0.717, 1.165) is 6.07 Å². The summed E-state index contributed by atoms with van der Waals surface area (Å²) >= 11 is 0. The monoisotopic (exact) mass is 170 g/mol. The molecular weight excluding hydrogens is 166 g/mol. The highest BCUT2D eigenvalue weighted by atomic mass is 19.2. The molecular formula is C7H4F2N2O. The number of hydrogen-bond acceptors (Lipinski definition) is 3. The zero-order valence-corrected chi connectivity index (χ0v) is 5.84. The van der Waals surface area contributed by atoms with Gasteiger partial charge >= 0.3 is 0 Å². The van der Waals surface area contributed by atoms with Crippen molar-refractivity contribution < 1.29 is 13.3 Å². The fourth-order valence-electron chi connectivity index (χ4n) is 0.967. The fourth-order valence-corrected chi connectivity index (χ4v) is 0.967. The number of hydrogen-bond donors (Lipinski definition) is 1. The van der Waals surface area contributed by atoms with Crippen LogP contribution in [-0.4, -0.2) is 5.16 Å². The lowest BCUT2D eigenvalue weighted by atomic mass is 10.2. The molecule has 0 aliphatic carbocycles. The lowest BCUT2D eigenvalue weighted by Gasteiger charge is -1.90. The van der Waals surface area contributed by atoms with E-state index in [9.17, 15) is 8.78 Å². The van der Waals surface area contributed by atoms with Crippen molar-refractivity contribution in [3.05, 3.63) is 23.8 Å². The first-order valence-electron chi connectivity index (χ1n) is 3.19. The predicted molar refractivity (Wildman–Crippen MR) is 38.3 cm³/mol. The maximum absolute atomic E-state index is 12.8. The van der Waals surface area contributed by atoms with E-state index in [2.05, 4.69) is 9.68 Å². The lowest BCUT2D eigenvalue weighted by Crippen LogP contribution is -1.85. The summed E-state index contributed by atoms with van der Waals surface area (Å²) in [7, 11) is 0. The molecule has 12 heavy (non-hydrogen) atoms. The van der Waals surface area contributed by atoms with Crippen molar-refractivity contribution in [2.24, 2.45) is 0 Å². The van der Waals surface area contributed by atoms with Gasteiger partial charge < -0.3 is 10.3 Å². The second-order valence-electron chi connectivity index (χ2n) is 2.31. The molecule has 0 aliphatic heterocycles. The highest BCUT2D eigenvalue weighted by Crippen LogP contribution is 2.24. The van der Waals surface area contributed by atoms with Gasteiger partial charge in [0.05, 0.1) is 5.39 Å². The Hall–Kier alpha value is -1.65. The quantitative estimate of drug-likeness (QED) is 0.654. The highest BCUT2D eigenvalue weighted by Gasteiger charge is 2.13. The van der Waals surface area contributed by atoms with Crippen LogP contribution >= 0.6 is 0 Å². The first-order chi connectivity index (χ1) is 5.70. The number of nitrogens with zero attached hydrogens (tertiary/aromatic N) is 1. The number of rotatable bonds is 0. The van der Waals surface area contributed by atoms with Crippen molar-refractivity contribution >= 4 is 16.8 Å². The minimum absolute atomic E-state index is 0.0592. The molecule has 0 fully saturated rings. The summed E-state index contributed by atoms with van der Waals surface area (Å²) in [6.45, 7) is 0. The lowest BCUT2D eigenvalue weighted by molar-refractivity contribution is 0.430. The Kier molecular flexibility index (Phi) is 1.27. The standard InChI is InChI=1S/C7H4F2N2O/c8-4-2-1-3-6(5(4)9)12-11-7(3)10/h1-2H,(H2,10,11). The number of nitrogen functional groups attached to an aromatic ring is 1. The summed E-state index contributed by atoms with van der Waals surface area (Å²) in [6, 6.07) is 2.30. The summed E-state index contributed by atoms with van der Waals surface area (Å²) < 4.78 is 29.9. The molecule has 62 valence electrons. The number of halogens is 2. The van der Waals surface area contributed by atoms with Crippen LogP contribution in [0.5, 0.6) is 0 Å². The van der Waals surface area contributed by atoms with Gasteiger partial charge in [0, 0.05) is 0 Å². The molecule has 1 aromatic heterocycles. The van der Waals surface area contributed by atoms with Gasteiger partial charge in [-0.1, -0.05) is 5.16 Å². The zero-order valence-electron chi connectivity index (χ0n) is 5.84. The number of aromatic nitrogens is 1. The molecule has 0 unspecified atom stereocenters. The summed E-state index contributed by atoms with van der Waals surface area (Å²) in [6.07, 6.45) is 0. The average molecular weight is 170 g/mol. The topological polar surface area (TPSA) is 52.0 Å². The van der Waals surface area contributed by atoms with Gasteiger partial charge in [-0.25, -0.2) is 4.39 Å². The van der Waals surface area contributed by atoms with Crippen molar-refractivity contribution in [3.63, 3.8) is 0 Å². The SMILES string of the molecule is Nc1noc2c(F)c(F)ccc12. The van der Waals surface area contributed by atoms with Crippen molar-refractivity contribution in [1.29, 1.82) is 0 Å². The van der Waals surface area contributed by atoms with Crippen molar-refractivity contribution in [1.82, 2.24) is 5.16 Å². The number of fused-ring (bicyclic) bond motifs is 1. The molecule has 2 rings (SSSR count).